The highest BCUT2D eigenvalue weighted by atomic mass is 35.5. The molecule has 3 aromatic carbocycles. The summed E-state index contributed by atoms with van der Waals surface area (Å²) in [7, 11) is 0. The number of aldehydes is 1. The van der Waals surface area contributed by atoms with Crippen LogP contribution in [0.5, 0.6) is 5.75 Å². The molecule has 5 rings (SSSR count). The van der Waals surface area contributed by atoms with E-state index in [0.717, 1.165) is 102 Å². The molecule has 2 atom stereocenters. The lowest BCUT2D eigenvalue weighted by molar-refractivity contribution is -0.136. The third-order valence-electron chi connectivity index (χ3n) is 12.5. The average molecular weight is 1140 g/mol. The maximum atomic E-state index is 12.2. The predicted molar refractivity (Wildman–Crippen MR) is 333 cm³/mol. The second-order valence-corrected chi connectivity index (χ2v) is 21.1. The van der Waals surface area contributed by atoms with Crippen LogP contribution in [0.25, 0.3) is 0 Å². The summed E-state index contributed by atoms with van der Waals surface area (Å²) in [4.78, 5) is 74.5. The fourth-order valence-electron chi connectivity index (χ4n) is 7.58. The summed E-state index contributed by atoms with van der Waals surface area (Å²) >= 11 is 7.92. The number of hydrogen-bond donors (Lipinski definition) is 3. The van der Waals surface area contributed by atoms with Crippen LogP contribution in [0.3, 0.4) is 0 Å². The molecule has 3 N–H and O–H groups in total. The molecule has 4 amide bonds. The standard InChI is InChI=1S/C22H28ClN3S.C19H30N2O4.C15H20O2.C6H9NO2.C2H6/c1-7-8-20(26-25-14(2)3)13-24-22(18-9-11-19(23)12-10-18)21-15(4)16(5)27-17(21)6;1-3-18(22)20-12-5-6-13-24-14-7-15-25-17-10-8-16(9-11-17)21-19(23)4-2;1-4-7-12-8-6-9-13(14(12)10-16)15(17)11(3)5-2;1-4-2-3-5(8)7-6(4)9;1-2/h9-12H,7-8,13H2,1-6H3;8-11H,3-7,12-15H2,1-2H3,(H,20,22)(H,21,23);6,8-11H,4-5,7H2,1-3H3;4H,2-3H2,1H3,(H,7,8,9);1-2H3/b24-22?,26-20+;;;;. The molecule has 14 nitrogen and oxygen atoms in total. The second kappa shape index (κ2) is 41.8. The number of nitrogens with zero attached hydrogens (tertiary/aromatic N) is 3. The number of nitrogens with one attached hydrogen (secondary N) is 3. The molecule has 80 heavy (non-hydrogen) atoms. The maximum Gasteiger partial charge on any atom is 0.229 e. The molecule has 16 heteroatoms. The summed E-state index contributed by atoms with van der Waals surface area (Å²) < 4.78 is 11.2. The molecule has 1 saturated heterocycles. The first-order valence-electron chi connectivity index (χ1n) is 28.6. The lowest BCUT2D eigenvalue weighted by atomic mass is 9.90. The molecule has 0 radical (unpaired) electrons. The van der Waals surface area contributed by atoms with Gasteiger partial charge in [0.25, 0.3) is 0 Å². The number of ketones is 1. The van der Waals surface area contributed by atoms with Gasteiger partial charge in [0.15, 0.2) is 12.1 Å². The number of unbranched alkanes of at least 4 members (excludes halogenated alkanes) is 1. The number of carbonyl (C=O) groups excluding carboxylic acids is 6. The molecule has 2 heterocycles. The first-order chi connectivity index (χ1) is 38.3. The van der Waals surface area contributed by atoms with E-state index in [-0.39, 0.29) is 41.2 Å². The summed E-state index contributed by atoms with van der Waals surface area (Å²) in [5, 5.41) is 17.3. The smallest absolute Gasteiger partial charge is 0.229 e. The van der Waals surface area contributed by atoms with Gasteiger partial charge in [0.1, 0.15) is 5.75 Å². The van der Waals surface area contributed by atoms with E-state index in [1.807, 2.05) is 134 Å². The van der Waals surface area contributed by atoms with Crippen LogP contribution in [0.15, 0.2) is 81.9 Å². The molecule has 1 aliphatic heterocycles. The van der Waals surface area contributed by atoms with Crippen LogP contribution in [-0.2, 0) is 30.3 Å². The monoisotopic (exact) mass is 1140 g/mol. The largest absolute Gasteiger partial charge is 0.494 e. The van der Waals surface area contributed by atoms with Crippen LogP contribution in [0.2, 0.25) is 5.02 Å². The molecule has 1 aromatic heterocycles. The molecule has 0 bridgehead atoms. The Morgan fingerprint density at radius 2 is 1.50 bits per heavy atom. The Morgan fingerprint density at radius 1 is 0.838 bits per heavy atom. The summed E-state index contributed by atoms with van der Waals surface area (Å²) in [6, 6.07) is 20.8. The van der Waals surface area contributed by atoms with Crippen molar-refractivity contribution in [3.63, 3.8) is 0 Å². The number of benzene rings is 3. The van der Waals surface area contributed by atoms with Crippen molar-refractivity contribution in [3.05, 3.63) is 115 Å². The topological polar surface area (TPSA) is 194 Å². The fourth-order valence-corrected chi connectivity index (χ4v) is 8.77. The van der Waals surface area contributed by atoms with Gasteiger partial charge in [-0.3, -0.25) is 39.1 Å². The van der Waals surface area contributed by atoms with Crippen molar-refractivity contribution in [2.24, 2.45) is 27.0 Å². The van der Waals surface area contributed by atoms with Gasteiger partial charge in [-0.15, -0.1) is 11.3 Å². The Morgan fingerprint density at radius 3 is 2.05 bits per heavy atom. The van der Waals surface area contributed by atoms with Gasteiger partial charge in [0.2, 0.25) is 23.6 Å². The van der Waals surface area contributed by atoms with Gasteiger partial charge >= 0.3 is 0 Å². The van der Waals surface area contributed by atoms with E-state index in [9.17, 15) is 28.8 Å². The zero-order valence-electron chi connectivity index (χ0n) is 50.5. The van der Waals surface area contributed by atoms with E-state index < -0.39 is 0 Å². The van der Waals surface area contributed by atoms with Gasteiger partial charge in [0, 0.05) is 106 Å². The van der Waals surface area contributed by atoms with E-state index in [2.05, 4.69) is 60.8 Å². The lowest BCUT2D eigenvalue weighted by Crippen LogP contribution is -2.39. The van der Waals surface area contributed by atoms with E-state index in [1.54, 1.807) is 6.07 Å². The number of thiophene rings is 1. The highest BCUT2D eigenvalue weighted by molar-refractivity contribution is 7.12. The van der Waals surface area contributed by atoms with Crippen LogP contribution in [-0.4, -0.2) is 85.7 Å². The number of hydrogen-bond acceptors (Lipinski definition) is 12. The quantitative estimate of drug-likeness (QED) is 0.0138. The highest BCUT2D eigenvalue weighted by Crippen LogP contribution is 2.30. The van der Waals surface area contributed by atoms with Crippen LogP contribution >= 0.6 is 22.9 Å². The first kappa shape index (κ1) is 71.9. The third-order valence-corrected chi connectivity index (χ3v) is 13.8. The number of imide groups is 1. The Labute approximate surface area is 487 Å². The van der Waals surface area contributed by atoms with Crippen LogP contribution in [0.1, 0.15) is 200 Å². The minimum atomic E-state index is -0.141. The number of piperidine rings is 1. The van der Waals surface area contributed by atoms with Crippen LogP contribution < -0.4 is 20.7 Å². The van der Waals surface area contributed by atoms with Crippen molar-refractivity contribution >= 4 is 81.5 Å². The van der Waals surface area contributed by atoms with Crippen molar-refractivity contribution in [1.29, 1.82) is 0 Å². The number of amides is 4. The zero-order chi connectivity index (χ0) is 60.0. The lowest BCUT2D eigenvalue weighted by Gasteiger charge is -2.15. The number of aliphatic imine (C=N–C) groups is 1. The SMILES string of the molecule is CC.CC1CCC(=O)NC1=O.CCC(=O)NCCCCOCCCOc1ccc(NC(=O)CC)cc1.CCC/C(CN=C(c1ccc(Cl)cc1)c1c(C)sc(C)c1C)=N\N=C(C)C.CCCc1cccc(C(=O)C(C)CC)c1C=O. The van der Waals surface area contributed by atoms with Gasteiger partial charge in [-0.25, -0.2) is 0 Å². The van der Waals surface area contributed by atoms with Crippen molar-refractivity contribution < 1.29 is 38.2 Å². The Balaban J connectivity index is 0.000000557. The molecule has 440 valence electrons. The Kier molecular flexibility index (Phi) is 37.5. The maximum absolute atomic E-state index is 12.2. The molecule has 0 saturated carbocycles. The summed E-state index contributed by atoms with van der Waals surface area (Å²) in [6.07, 6.45) is 10.2. The number of aryl methyl sites for hydroxylation is 3. The van der Waals surface area contributed by atoms with Crippen LogP contribution in [0.4, 0.5) is 5.69 Å². The van der Waals surface area contributed by atoms with Gasteiger partial charge in [-0.05, 0) is 121 Å². The molecule has 0 aliphatic carbocycles. The third kappa shape index (κ3) is 27.8. The molecule has 4 aromatic rings. The summed E-state index contributed by atoms with van der Waals surface area (Å²) in [6.45, 7) is 31.2. The van der Waals surface area contributed by atoms with Crippen molar-refractivity contribution in [2.45, 2.75) is 174 Å². The molecular formula is C64H93ClN6O8S. The average Bonchev–Trinajstić information content (AvgIpc) is 3.71. The number of Topliss-reactive ketones (excluding diaryl/α,β-unsaturated/α-hetero) is 1. The van der Waals surface area contributed by atoms with Crippen molar-refractivity contribution in [2.75, 3.05) is 38.2 Å². The van der Waals surface area contributed by atoms with Crippen molar-refractivity contribution in [1.82, 2.24) is 10.6 Å². The van der Waals surface area contributed by atoms with Crippen LogP contribution in [0, 0.1) is 32.6 Å². The predicted octanol–water partition coefficient (Wildman–Crippen LogP) is 14.7. The number of carbonyl (C=O) groups is 6. The molecule has 1 aliphatic rings. The van der Waals surface area contributed by atoms with E-state index in [0.29, 0.717) is 69.7 Å². The highest BCUT2D eigenvalue weighted by Gasteiger charge is 2.22. The normalized spacial score (nSPS) is 13.2. The zero-order valence-corrected chi connectivity index (χ0v) is 52.1. The van der Waals surface area contributed by atoms with Gasteiger partial charge in [-0.1, -0.05) is 117 Å². The van der Waals surface area contributed by atoms with Gasteiger partial charge in [0.05, 0.1) is 24.6 Å². The number of rotatable bonds is 26. The summed E-state index contributed by atoms with van der Waals surface area (Å²) in [5.41, 5.74) is 9.49. The molecule has 0 spiro atoms. The number of ether oxygens (including phenoxy) is 2. The van der Waals surface area contributed by atoms with Gasteiger partial charge < -0.3 is 20.1 Å². The van der Waals surface area contributed by atoms with E-state index in [4.69, 9.17) is 26.1 Å². The number of halogens is 1. The summed E-state index contributed by atoms with van der Waals surface area (Å²) in [5.74, 6) is 0.670. The van der Waals surface area contributed by atoms with E-state index >= 15 is 0 Å². The van der Waals surface area contributed by atoms with Gasteiger partial charge in [-0.2, -0.15) is 10.2 Å². The molecule has 2 unspecified atom stereocenters. The number of anilines is 1. The second-order valence-electron chi connectivity index (χ2n) is 19.3. The Bertz CT molecular complexity index is 2600. The van der Waals surface area contributed by atoms with Crippen molar-refractivity contribution in [3.8, 4) is 5.75 Å². The minimum Gasteiger partial charge on any atom is -0.494 e. The minimum absolute atomic E-state index is 0.00133. The first-order valence-corrected chi connectivity index (χ1v) is 29.8. The Hall–Kier alpha value is -6.16. The van der Waals surface area contributed by atoms with E-state index in [1.165, 1.54) is 20.9 Å². The fraction of sp³-hybridized carbons (Fsp3) is 0.516. The molecular weight excluding hydrogens is 1050 g/mol. The molecule has 1 fully saturated rings.